The molecule has 0 unspecified atom stereocenters. The van der Waals surface area contributed by atoms with Crippen LogP contribution in [0.4, 0.5) is 4.39 Å². The average molecular weight is 346 g/mol. The van der Waals surface area contributed by atoms with Crippen LogP contribution >= 0.6 is 0 Å². The number of nitrogens with zero attached hydrogens (tertiary/aromatic N) is 1. The van der Waals surface area contributed by atoms with Gasteiger partial charge >= 0.3 is 7.62 Å². The molecular weight excluding hydrogens is 322 g/mol. The standard InChI is InChI=1S/C18H24BFN2O3/c1-22(13-21-19-24-2)10-14-7-8-18(16(9-14)11-23)25-12-15-5-3-4-6-17(15)20/h3-9,19,21,23H,10-13H2,1-2H3. The van der Waals surface area contributed by atoms with Crippen molar-refractivity contribution in [2.24, 2.45) is 0 Å². The summed E-state index contributed by atoms with van der Waals surface area (Å²) in [4.78, 5) is 2.09. The zero-order valence-electron chi connectivity index (χ0n) is 14.7. The number of rotatable bonds is 10. The van der Waals surface area contributed by atoms with Gasteiger partial charge in [-0.1, -0.05) is 24.3 Å². The molecule has 134 valence electrons. The molecule has 0 aliphatic heterocycles. The van der Waals surface area contributed by atoms with Crippen molar-refractivity contribution >= 4 is 7.62 Å². The number of ether oxygens (including phenoxy) is 1. The normalized spacial score (nSPS) is 10.9. The van der Waals surface area contributed by atoms with Crippen molar-refractivity contribution < 1.29 is 18.9 Å². The fourth-order valence-electron chi connectivity index (χ4n) is 2.47. The second kappa shape index (κ2) is 10.2. The van der Waals surface area contributed by atoms with Crippen LogP contribution in [-0.4, -0.2) is 38.4 Å². The third-order valence-corrected chi connectivity index (χ3v) is 3.72. The topological polar surface area (TPSA) is 54.0 Å². The molecule has 0 saturated heterocycles. The first-order chi connectivity index (χ1) is 12.1. The molecule has 0 bridgehead atoms. The molecule has 7 heteroatoms. The second-order valence-electron chi connectivity index (χ2n) is 5.84. The number of hydrogen-bond acceptors (Lipinski definition) is 5. The van der Waals surface area contributed by atoms with Crippen molar-refractivity contribution in [3.63, 3.8) is 0 Å². The number of aliphatic hydroxyl groups excluding tert-OH is 1. The lowest BCUT2D eigenvalue weighted by Gasteiger charge is -2.18. The summed E-state index contributed by atoms with van der Waals surface area (Å²) >= 11 is 0. The van der Waals surface area contributed by atoms with Gasteiger partial charge in [0.1, 0.15) is 18.2 Å². The Hall–Kier alpha value is -1.93. The van der Waals surface area contributed by atoms with Crippen LogP contribution in [0.15, 0.2) is 42.5 Å². The molecular formula is C18H24BFN2O3. The third kappa shape index (κ3) is 6.14. The van der Waals surface area contributed by atoms with Gasteiger partial charge in [-0.2, -0.15) is 0 Å². The zero-order valence-corrected chi connectivity index (χ0v) is 14.7. The number of nitrogens with one attached hydrogen (secondary N) is 1. The Morgan fingerprint density at radius 1 is 1.20 bits per heavy atom. The van der Waals surface area contributed by atoms with Crippen molar-refractivity contribution in [2.45, 2.75) is 19.8 Å². The lowest BCUT2D eigenvalue weighted by atomic mass is 10.1. The molecule has 25 heavy (non-hydrogen) atoms. The van der Waals surface area contributed by atoms with Crippen LogP contribution in [0, 0.1) is 5.82 Å². The minimum absolute atomic E-state index is 0.125. The molecule has 0 aliphatic carbocycles. The van der Waals surface area contributed by atoms with Crippen molar-refractivity contribution in [1.82, 2.24) is 10.1 Å². The number of benzene rings is 2. The summed E-state index contributed by atoms with van der Waals surface area (Å²) in [6.07, 6.45) is 0. The van der Waals surface area contributed by atoms with E-state index < -0.39 is 0 Å². The maximum absolute atomic E-state index is 13.7. The highest BCUT2D eigenvalue weighted by atomic mass is 19.1. The van der Waals surface area contributed by atoms with Crippen molar-refractivity contribution in [3.05, 3.63) is 65.0 Å². The molecule has 0 amide bonds. The van der Waals surface area contributed by atoms with E-state index in [1.165, 1.54) is 6.07 Å². The summed E-state index contributed by atoms with van der Waals surface area (Å²) in [6, 6.07) is 12.2. The molecule has 0 saturated carbocycles. The van der Waals surface area contributed by atoms with Crippen LogP contribution in [0.3, 0.4) is 0 Å². The molecule has 5 nitrogen and oxygen atoms in total. The highest BCUT2D eigenvalue weighted by Crippen LogP contribution is 2.22. The quantitative estimate of drug-likeness (QED) is 0.390. The Morgan fingerprint density at radius 2 is 2.00 bits per heavy atom. The van der Waals surface area contributed by atoms with E-state index in [4.69, 9.17) is 9.39 Å². The zero-order chi connectivity index (χ0) is 18.1. The summed E-state index contributed by atoms with van der Waals surface area (Å²) in [5, 5.41) is 12.7. The summed E-state index contributed by atoms with van der Waals surface area (Å²) in [7, 11) is 4.12. The van der Waals surface area contributed by atoms with Gasteiger partial charge in [0.05, 0.1) is 6.61 Å². The Bertz CT molecular complexity index is 673. The number of halogens is 1. The van der Waals surface area contributed by atoms with Gasteiger partial charge in [-0.15, -0.1) is 0 Å². The van der Waals surface area contributed by atoms with E-state index in [9.17, 15) is 9.50 Å². The Morgan fingerprint density at radius 3 is 2.72 bits per heavy atom. The van der Waals surface area contributed by atoms with Crippen LogP contribution in [0.2, 0.25) is 0 Å². The minimum Gasteiger partial charge on any atom is -0.488 e. The monoisotopic (exact) mass is 346 g/mol. The van der Waals surface area contributed by atoms with Crippen LogP contribution < -0.4 is 9.96 Å². The van der Waals surface area contributed by atoms with Crippen molar-refractivity contribution in [1.29, 1.82) is 0 Å². The Labute approximate surface area is 148 Å². The van der Waals surface area contributed by atoms with Gasteiger partial charge in [0.25, 0.3) is 0 Å². The van der Waals surface area contributed by atoms with E-state index in [1.54, 1.807) is 25.3 Å². The first kappa shape index (κ1) is 19.4. The summed E-state index contributed by atoms with van der Waals surface area (Å²) in [6.45, 7) is 1.40. The molecule has 0 radical (unpaired) electrons. The molecule has 0 aromatic heterocycles. The molecule has 0 heterocycles. The number of aliphatic hydroxyl groups is 1. The highest BCUT2D eigenvalue weighted by molar-refractivity contribution is 6.23. The molecule has 2 rings (SSSR count). The molecule has 0 fully saturated rings. The smallest absolute Gasteiger partial charge is 0.361 e. The molecule has 0 atom stereocenters. The SMILES string of the molecule is COBNCN(C)Cc1ccc(OCc2ccccc2F)c(CO)c1. The van der Waals surface area contributed by atoms with Crippen LogP contribution in [0.5, 0.6) is 5.75 Å². The third-order valence-electron chi connectivity index (χ3n) is 3.72. The minimum atomic E-state index is -0.296. The lowest BCUT2D eigenvalue weighted by molar-refractivity contribution is 0.256. The maximum Gasteiger partial charge on any atom is 0.361 e. The van der Waals surface area contributed by atoms with E-state index >= 15 is 0 Å². The predicted molar refractivity (Wildman–Crippen MR) is 96.7 cm³/mol. The fraction of sp³-hybridized carbons (Fsp3) is 0.333. The molecule has 2 aromatic rings. The molecule has 0 aliphatic rings. The van der Waals surface area contributed by atoms with E-state index in [2.05, 4.69) is 10.1 Å². The first-order valence-electron chi connectivity index (χ1n) is 8.11. The van der Waals surface area contributed by atoms with Crippen LogP contribution in [-0.2, 0) is 24.4 Å². The van der Waals surface area contributed by atoms with E-state index in [-0.39, 0.29) is 19.0 Å². The molecule has 2 N–H and O–H groups in total. The summed E-state index contributed by atoms with van der Waals surface area (Å²) in [5.74, 6) is 0.268. The Kier molecular flexibility index (Phi) is 7.88. The fourth-order valence-corrected chi connectivity index (χ4v) is 2.47. The second-order valence-corrected chi connectivity index (χ2v) is 5.84. The van der Waals surface area contributed by atoms with Gasteiger partial charge < -0.3 is 19.7 Å². The van der Waals surface area contributed by atoms with Gasteiger partial charge in [0.2, 0.25) is 0 Å². The van der Waals surface area contributed by atoms with E-state index in [0.717, 1.165) is 12.1 Å². The van der Waals surface area contributed by atoms with Crippen LogP contribution in [0.1, 0.15) is 16.7 Å². The number of hydrogen-bond donors (Lipinski definition) is 2. The maximum atomic E-state index is 13.7. The highest BCUT2D eigenvalue weighted by Gasteiger charge is 2.08. The first-order valence-corrected chi connectivity index (χ1v) is 8.11. The molecule has 2 aromatic carbocycles. The summed E-state index contributed by atoms with van der Waals surface area (Å²) < 4.78 is 24.3. The largest absolute Gasteiger partial charge is 0.488 e. The lowest BCUT2D eigenvalue weighted by Crippen LogP contribution is -2.33. The van der Waals surface area contributed by atoms with Gasteiger partial charge in [-0.3, -0.25) is 4.90 Å². The van der Waals surface area contributed by atoms with Crippen molar-refractivity contribution in [3.8, 4) is 5.75 Å². The van der Waals surface area contributed by atoms with Crippen molar-refractivity contribution in [2.75, 3.05) is 20.8 Å². The van der Waals surface area contributed by atoms with Gasteiger partial charge in [-0.25, -0.2) is 4.39 Å². The Balaban J connectivity index is 1.97. The van der Waals surface area contributed by atoms with Gasteiger partial charge in [0.15, 0.2) is 0 Å². The predicted octanol–water partition coefficient (Wildman–Crippen LogP) is 1.79. The summed E-state index contributed by atoms with van der Waals surface area (Å²) in [5.41, 5.74) is 2.23. The van der Waals surface area contributed by atoms with Crippen LogP contribution in [0.25, 0.3) is 0 Å². The van der Waals surface area contributed by atoms with E-state index in [0.29, 0.717) is 31.2 Å². The van der Waals surface area contributed by atoms with Gasteiger partial charge in [-0.05, 0) is 30.8 Å². The van der Waals surface area contributed by atoms with E-state index in [1.807, 2.05) is 25.2 Å². The van der Waals surface area contributed by atoms with Gasteiger partial charge in [0, 0.05) is 31.5 Å². The average Bonchev–Trinajstić information content (AvgIpc) is 2.62. The molecule has 0 spiro atoms.